The van der Waals surface area contributed by atoms with E-state index in [0.717, 1.165) is 5.56 Å². The Morgan fingerprint density at radius 1 is 1.11 bits per heavy atom. The molecule has 1 amide bonds. The number of anilines is 1. The lowest BCUT2D eigenvalue weighted by atomic mass is 10.0. The highest BCUT2D eigenvalue weighted by atomic mass is 16.5. The Morgan fingerprint density at radius 2 is 1.85 bits per heavy atom. The van der Waals surface area contributed by atoms with Crippen LogP contribution in [0.1, 0.15) is 32.2 Å². The molecule has 27 heavy (non-hydrogen) atoms. The number of benzene rings is 1. The molecule has 0 spiro atoms. The summed E-state index contributed by atoms with van der Waals surface area (Å²) in [6.45, 7) is 4.42. The van der Waals surface area contributed by atoms with Crippen LogP contribution in [0.3, 0.4) is 0 Å². The van der Waals surface area contributed by atoms with Gasteiger partial charge in [0, 0.05) is 30.9 Å². The van der Waals surface area contributed by atoms with Crippen molar-refractivity contribution in [3.63, 3.8) is 0 Å². The predicted molar refractivity (Wildman–Crippen MR) is 101 cm³/mol. The van der Waals surface area contributed by atoms with Crippen molar-refractivity contribution in [1.82, 2.24) is 25.4 Å². The summed E-state index contributed by atoms with van der Waals surface area (Å²) in [4.78, 5) is 24.9. The van der Waals surface area contributed by atoms with Gasteiger partial charge in [-0.1, -0.05) is 49.3 Å². The van der Waals surface area contributed by atoms with Crippen LogP contribution in [0, 0.1) is 5.92 Å². The molecule has 0 bridgehead atoms. The van der Waals surface area contributed by atoms with Crippen LogP contribution < -0.4 is 10.6 Å². The molecule has 0 saturated heterocycles. The molecule has 0 saturated carbocycles. The second kappa shape index (κ2) is 8.88. The second-order valence-corrected chi connectivity index (χ2v) is 6.36. The lowest BCUT2D eigenvalue weighted by molar-refractivity contribution is -0.122. The molecule has 0 fully saturated rings. The van der Waals surface area contributed by atoms with Crippen molar-refractivity contribution < 1.29 is 9.32 Å². The molecule has 3 aromatic rings. The molecule has 0 aliphatic carbocycles. The van der Waals surface area contributed by atoms with Gasteiger partial charge in [-0.2, -0.15) is 4.98 Å². The van der Waals surface area contributed by atoms with Crippen LogP contribution in [-0.2, 0) is 4.79 Å². The summed E-state index contributed by atoms with van der Waals surface area (Å²) in [6.07, 6.45) is 3.56. The molecule has 140 valence electrons. The van der Waals surface area contributed by atoms with Crippen LogP contribution in [-0.4, -0.2) is 32.6 Å². The number of rotatable bonds is 8. The van der Waals surface area contributed by atoms with Gasteiger partial charge in [0.2, 0.25) is 23.6 Å². The Balaban J connectivity index is 1.59. The Kier molecular flexibility index (Phi) is 6.09. The third kappa shape index (κ3) is 5.10. The molecular formula is C19H22N6O2. The zero-order chi connectivity index (χ0) is 19.1. The highest BCUT2D eigenvalue weighted by Gasteiger charge is 2.24. The van der Waals surface area contributed by atoms with E-state index in [1.807, 2.05) is 44.2 Å². The van der Waals surface area contributed by atoms with E-state index in [4.69, 9.17) is 4.52 Å². The standard InChI is InChI=1S/C19H22N6O2/c1-13(2)16(18-24-17(25-27-18)14-7-4-3-5-8-14)23-15(26)9-12-22-19-20-10-6-11-21-19/h3-8,10-11,13,16H,9,12H2,1-2H3,(H,23,26)(H,20,21,22). The van der Waals surface area contributed by atoms with Crippen LogP contribution in [0.4, 0.5) is 5.95 Å². The van der Waals surface area contributed by atoms with Crippen molar-refractivity contribution >= 4 is 11.9 Å². The van der Waals surface area contributed by atoms with Gasteiger partial charge in [0.25, 0.3) is 0 Å². The normalized spacial score (nSPS) is 12.0. The number of carbonyl (C=O) groups excluding carboxylic acids is 1. The molecule has 0 radical (unpaired) electrons. The zero-order valence-electron chi connectivity index (χ0n) is 15.3. The molecule has 8 heteroatoms. The topological polar surface area (TPSA) is 106 Å². The van der Waals surface area contributed by atoms with Crippen molar-refractivity contribution in [2.24, 2.45) is 5.92 Å². The first-order chi connectivity index (χ1) is 13.1. The molecule has 1 atom stereocenters. The van der Waals surface area contributed by atoms with Gasteiger partial charge >= 0.3 is 0 Å². The summed E-state index contributed by atoms with van der Waals surface area (Å²) in [7, 11) is 0. The van der Waals surface area contributed by atoms with Crippen LogP contribution in [0.15, 0.2) is 53.3 Å². The minimum Gasteiger partial charge on any atom is -0.354 e. The fourth-order valence-electron chi connectivity index (χ4n) is 2.50. The molecular weight excluding hydrogens is 344 g/mol. The average Bonchev–Trinajstić information content (AvgIpc) is 3.17. The van der Waals surface area contributed by atoms with Crippen LogP contribution in [0.5, 0.6) is 0 Å². The predicted octanol–water partition coefficient (Wildman–Crippen LogP) is 2.84. The lowest BCUT2D eigenvalue weighted by Crippen LogP contribution is -2.33. The van der Waals surface area contributed by atoms with Crippen molar-refractivity contribution in [2.75, 3.05) is 11.9 Å². The van der Waals surface area contributed by atoms with Gasteiger partial charge in [-0.25, -0.2) is 9.97 Å². The Hall–Kier alpha value is -3.29. The van der Waals surface area contributed by atoms with Crippen molar-refractivity contribution in [2.45, 2.75) is 26.3 Å². The lowest BCUT2D eigenvalue weighted by Gasteiger charge is -2.18. The average molecular weight is 366 g/mol. The van der Waals surface area contributed by atoms with Crippen molar-refractivity contribution in [1.29, 1.82) is 0 Å². The van der Waals surface area contributed by atoms with Gasteiger partial charge in [-0.3, -0.25) is 4.79 Å². The van der Waals surface area contributed by atoms with E-state index in [1.54, 1.807) is 18.5 Å². The highest BCUT2D eigenvalue weighted by Crippen LogP contribution is 2.23. The first-order valence-electron chi connectivity index (χ1n) is 8.83. The maximum Gasteiger partial charge on any atom is 0.249 e. The molecule has 2 N–H and O–H groups in total. The molecule has 2 aromatic heterocycles. The van der Waals surface area contributed by atoms with E-state index in [1.165, 1.54) is 0 Å². The monoisotopic (exact) mass is 366 g/mol. The summed E-state index contributed by atoms with van der Waals surface area (Å²) in [6, 6.07) is 11.0. The first-order valence-corrected chi connectivity index (χ1v) is 8.83. The number of nitrogens with zero attached hydrogens (tertiary/aromatic N) is 4. The molecule has 3 rings (SSSR count). The van der Waals surface area contributed by atoms with E-state index in [9.17, 15) is 4.79 Å². The molecule has 2 heterocycles. The minimum atomic E-state index is -0.351. The van der Waals surface area contributed by atoms with E-state index in [2.05, 4.69) is 30.7 Å². The molecule has 0 aliphatic heterocycles. The fraction of sp³-hybridized carbons (Fsp3) is 0.316. The van der Waals surface area contributed by atoms with Gasteiger partial charge in [-0.05, 0) is 12.0 Å². The van der Waals surface area contributed by atoms with Crippen molar-refractivity contribution in [3.8, 4) is 11.4 Å². The van der Waals surface area contributed by atoms with Crippen LogP contribution >= 0.6 is 0 Å². The smallest absolute Gasteiger partial charge is 0.249 e. The van der Waals surface area contributed by atoms with E-state index >= 15 is 0 Å². The summed E-state index contributed by atoms with van der Waals surface area (Å²) in [5, 5.41) is 10.0. The number of hydrogen-bond acceptors (Lipinski definition) is 7. The SMILES string of the molecule is CC(C)C(NC(=O)CCNc1ncccn1)c1nc(-c2ccccc2)no1. The molecule has 8 nitrogen and oxygen atoms in total. The Bertz CT molecular complexity index is 851. The molecule has 1 unspecified atom stereocenters. The Morgan fingerprint density at radius 3 is 2.56 bits per heavy atom. The zero-order valence-corrected chi connectivity index (χ0v) is 15.3. The Labute approximate surface area is 157 Å². The minimum absolute atomic E-state index is 0.100. The number of amides is 1. The largest absolute Gasteiger partial charge is 0.354 e. The summed E-state index contributed by atoms with van der Waals surface area (Å²) in [5.41, 5.74) is 0.869. The summed E-state index contributed by atoms with van der Waals surface area (Å²) in [5.74, 6) is 1.39. The maximum absolute atomic E-state index is 12.3. The van der Waals surface area contributed by atoms with Gasteiger partial charge in [0.1, 0.15) is 6.04 Å². The van der Waals surface area contributed by atoms with Crippen LogP contribution in [0.2, 0.25) is 0 Å². The first kappa shape index (κ1) is 18.5. The third-order valence-electron chi connectivity index (χ3n) is 3.92. The van der Waals surface area contributed by atoms with Gasteiger partial charge in [0.15, 0.2) is 0 Å². The van der Waals surface area contributed by atoms with Gasteiger partial charge in [0.05, 0.1) is 0 Å². The summed E-state index contributed by atoms with van der Waals surface area (Å²) >= 11 is 0. The second-order valence-electron chi connectivity index (χ2n) is 6.36. The number of carbonyl (C=O) groups is 1. The number of aromatic nitrogens is 4. The molecule has 1 aromatic carbocycles. The van der Waals surface area contributed by atoms with E-state index < -0.39 is 0 Å². The van der Waals surface area contributed by atoms with E-state index in [0.29, 0.717) is 24.2 Å². The number of hydrogen-bond donors (Lipinski definition) is 2. The number of nitrogens with one attached hydrogen (secondary N) is 2. The third-order valence-corrected chi connectivity index (χ3v) is 3.92. The van der Waals surface area contributed by atoms with Crippen LogP contribution in [0.25, 0.3) is 11.4 Å². The van der Waals surface area contributed by atoms with Gasteiger partial charge in [-0.15, -0.1) is 0 Å². The van der Waals surface area contributed by atoms with Crippen molar-refractivity contribution in [3.05, 3.63) is 54.7 Å². The highest BCUT2D eigenvalue weighted by molar-refractivity contribution is 5.76. The van der Waals surface area contributed by atoms with Gasteiger partial charge < -0.3 is 15.2 Å². The fourth-order valence-corrected chi connectivity index (χ4v) is 2.50. The molecule has 0 aliphatic rings. The summed E-state index contributed by atoms with van der Waals surface area (Å²) < 4.78 is 5.41. The maximum atomic E-state index is 12.3. The quantitative estimate of drug-likeness (QED) is 0.631. The van der Waals surface area contributed by atoms with E-state index in [-0.39, 0.29) is 24.3 Å².